The van der Waals surface area contributed by atoms with Crippen LogP contribution in [0.5, 0.6) is 0 Å². The second-order valence-corrected chi connectivity index (χ2v) is 5.28. The van der Waals surface area contributed by atoms with Crippen molar-refractivity contribution in [3.8, 4) is 0 Å². The number of carboxylic acid groups (broad SMARTS) is 1. The summed E-state index contributed by atoms with van der Waals surface area (Å²) in [6.45, 7) is 3.07. The Hall–Kier alpha value is -1.39. The molecule has 19 heavy (non-hydrogen) atoms. The van der Waals surface area contributed by atoms with Gasteiger partial charge in [0.25, 0.3) is 0 Å². The van der Waals surface area contributed by atoms with E-state index in [2.05, 4.69) is 30.9 Å². The number of rotatable bonds is 8. The number of benzene rings is 1. The van der Waals surface area contributed by atoms with Crippen molar-refractivity contribution in [2.75, 3.05) is 34.2 Å². The monoisotopic (exact) mass is 264 g/mol. The van der Waals surface area contributed by atoms with Gasteiger partial charge in [0.05, 0.1) is 6.42 Å². The fourth-order valence-corrected chi connectivity index (χ4v) is 1.98. The van der Waals surface area contributed by atoms with Crippen molar-refractivity contribution in [3.05, 3.63) is 35.4 Å². The molecule has 0 saturated heterocycles. The molecule has 106 valence electrons. The molecule has 0 atom stereocenters. The standard InChI is InChI=1S/C15H24N2O2/c1-16(2)9-4-10-17(3)12-14-7-5-13(6-8-14)11-15(18)19/h5-8H,4,9-12H2,1-3H3,(H,18,19). The number of carboxylic acids is 1. The van der Waals surface area contributed by atoms with Gasteiger partial charge >= 0.3 is 5.97 Å². The van der Waals surface area contributed by atoms with Crippen molar-refractivity contribution in [3.63, 3.8) is 0 Å². The van der Waals surface area contributed by atoms with Crippen molar-refractivity contribution in [2.24, 2.45) is 0 Å². The normalized spacial score (nSPS) is 11.2. The van der Waals surface area contributed by atoms with Gasteiger partial charge < -0.3 is 14.9 Å². The van der Waals surface area contributed by atoms with E-state index in [1.165, 1.54) is 5.56 Å². The topological polar surface area (TPSA) is 43.8 Å². The largest absolute Gasteiger partial charge is 0.481 e. The van der Waals surface area contributed by atoms with Crippen LogP contribution in [0.2, 0.25) is 0 Å². The van der Waals surface area contributed by atoms with Gasteiger partial charge in [0.2, 0.25) is 0 Å². The maximum Gasteiger partial charge on any atom is 0.307 e. The van der Waals surface area contributed by atoms with Crippen LogP contribution >= 0.6 is 0 Å². The molecule has 0 aliphatic carbocycles. The molecule has 0 spiro atoms. The third-order valence-electron chi connectivity index (χ3n) is 2.98. The Morgan fingerprint density at radius 1 is 1.05 bits per heavy atom. The fraction of sp³-hybridized carbons (Fsp3) is 0.533. The van der Waals surface area contributed by atoms with E-state index in [0.29, 0.717) is 0 Å². The highest BCUT2D eigenvalue weighted by Crippen LogP contribution is 2.08. The molecule has 1 aromatic rings. The molecule has 4 nitrogen and oxygen atoms in total. The smallest absolute Gasteiger partial charge is 0.307 e. The number of carbonyl (C=O) groups is 1. The van der Waals surface area contributed by atoms with Crippen LogP contribution < -0.4 is 0 Å². The second-order valence-electron chi connectivity index (χ2n) is 5.28. The molecule has 1 N–H and O–H groups in total. The first-order valence-corrected chi connectivity index (χ1v) is 6.60. The first-order valence-electron chi connectivity index (χ1n) is 6.60. The Morgan fingerprint density at radius 2 is 1.63 bits per heavy atom. The molecular weight excluding hydrogens is 240 g/mol. The summed E-state index contributed by atoms with van der Waals surface area (Å²) in [5.74, 6) is -0.784. The summed E-state index contributed by atoms with van der Waals surface area (Å²) in [6, 6.07) is 7.83. The average molecular weight is 264 g/mol. The van der Waals surface area contributed by atoms with Crippen LogP contribution in [0.3, 0.4) is 0 Å². The first kappa shape index (κ1) is 15.7. The SMILES string of the molecule is CN(C)CCCN(C)Cc1ccc(CC(=O)O)cc1. The Balaban J connectivity index is 2.37. The lowest BCUT2D eigenvalue weighted by Gasteiger charge is -2.18. The summed E-state index contributed by atoms with van der Waals surface area (Å²) in [5.41, 5.74) is 2.08. The third-order valence-corrected chi connectivity index (χ3v) is 2.98. The molecule has 0 radical (unpaired) electrons. The summed E-state index contributed by atoms with van der Waals surface area (Å²) in [4.78, 5) is 15.1. The molecule has 0 bridgehead atoms. The van der Waals surface area contributed by atoms with Gasteiger partial charge in [-0.2, -0.15) is 0 Å². The molecule has 1 rings (SSSR count). The molecule has 0 aliphatic rings. The molecule has 0 unspecified atom stereocenters. The van der Waals surface area contributed by atoms with E-state index in [9.17, 15) is 4.79 Å². The molecule has 0 aliphatic heterocycles. The quantitative estimate of drug-likeness (QED) is 0.776. The number of nitrogens with zero attached hydrogens (tertiary/aromatic N) is 2. The Kier molecular flexibility index (Phi) is 6.53. The van der Waals surface area contributed by atoms with Crippen LogP contribution in [0.1, 0.15) is 17.5 Å². The minimum absolute atomic E-state index is 0.0962. The lowest BCUT2D eigenvalue weighted by atomic mass is 10.1. The highest BCUT2D eigenvalue weighted by atomic mass is 16.4. The zero-order valence-corrected chi connectivity index (χ0v) is 12.1. The van der Waals surface area contributed by atoms with Crippen LogP contribution in [0.25, 0.3) is 0 Å². The van der Waals surface area contributed by atoms with E-state index < -0.39 is 5.97 Å². The molecule has 4 heteroatoms. The first-order chi connectivity index (χ1) is 8.97. The van der Waals surface area contributed by atoms with Crippen molar-refractivity contribution in [1.82, 2.24) is 9.80 Å². The highest BCUT2D eigenvalue weighted by Gasteiger charge is 2.03. The predicted molar refractivity (Wildman–Crippen MR) is 77.3 cm³/mol. The number of hydrogen-bond acceptors (Lipinski definition) is 3. The summed E-state index contributed by atoms with van der Waals surface area (Å²) in [5, 5.41) is 8.71. The molecule has 1 aromatic carbocycles. The Morgan fingerprint density at radius 3 is 2.16 bits per heavy atom. The summed E-state index contributed by atoms with van der Waals surface area (Å²) in [6.07, 6.45) is 1.25. The van der Waals surface area contributed by atoms with E-state index in [4.69, 9.17) is 5.11 Å². The van der Waals surface area contributed by atoms with E-state index in [0.717, 1.165) is 31.6 Å². The predicted octanol–water partition coefficient (Wildman–Crippen LogP) is 1.70. The Labute approximate surface area is 115 Å². The van der Waals surface area contributed by atoms with Crippen LogP contribution in [0.15, 0.2) is 24.3 Å². The van der Waals surface area contributed by atoms with Gasteiger partial charge in [-0.05, 0) is 51.8 Å². The molecule has 0 fully saturated rings. The zero-order chi connectivity index (χ0) is 14.3. The van der Waals surface area contributed by atoms with Crippen LogP contribution in [0, 0.1) is 0 Å². The maximum atomic E-state index is 10.6. The van der Waals surface area contributed by atoms with Gasteiger partial charge in [0, 0.05) is 6.54 Å². The van der Waals surface area contributed by atoms with Gasteiger partial charge in [-0.3, -0.25) is 4.79 Å². The van der Waals surface area contributed by atoms with Gasteiger partial charge in [-0.25, -0.2) is 0 Å². The average Bonchev–Trinajstić information content (AvgIpc) is 2.30. The molecular formula is C15H24N2O2. The number of aliphatic carboxylic acids is 1. The van der Waals surface area contributed by atoms with Crippen LogP contribution in [-0.4, -0.2) is 55.1 Å². The van der Waals surface area contributed by atoms with E-state index >= 15 is 0 Å². The molecule has 0 saturated carbocycles. The second kappa shape index (κ2) is 7.92. The molecule has 0 heterocycles. The Bertz CT molecular complexity index is 388. The molecule has 0 aromatic heterocycles. The lowest BCUT2D eigenvalue weighted by Crippen LogP contribution is -2.23. The van der Waals surface area contributed by atoms with Gasteiger partial charge in [0.1, 0.15) is 0 Å². The van der Waals surface area contributed by atoms with Crippen molar-refractivity contribution >= 4 is 5.97 Å². The summed E-state index contributed by atoms with van der Waals surface area (Å²) >= 11 is 0. The van der Waals surface area contributed by atoms with E-state index in [-0.39, 0.29) is 6.42 Å². The maximum absolute atomic E-state index is 10.6. The molecule has 0 amide bonds. The van der Waals surface area contributed by atoms with E-state index in [1.54, 1.807) is 0 Å². The third kappa shape index (κ3) is 6.94. The zero-order valence-electron chi connectivity index (χ0n) is 12.1. The fourth-order valence-electron chi connectivity index (χ4n) is 1.98. The van der Waals surface area contributed by atoms with Crippen molar-refractivity contribution < 1.29 is 9.90 Å². The highest BCUT2D eigenvalue weighted by molar-refractivity contribution is 5.70. The van der Waals surface area contributed by atoms with Crippen molar-refractivity contribution in [2.45, 2.75) is 19.4 Å². The van der Waals surface area contributed by atoms with Crippen LogP contribution in [-0.2, 0) is 17.8 Å². The van der Waals surface area contributed by atoms with Gasteiger partial charge in [-0.15, -0.1) is 0 Å². The summed E-state index contributed by atoms with van der Waals surface area (Å²) in [7, 11) is 6.28. The van der Waals surface area contributed by atoms with E-state index in [1.807, 2.05) is 24.3 Å². The van der Waals surface area contributed by atoms with Gasteiger partial charge in [0.15, 0.2) is 0 Å². The summed E-state index contributed by atoms with van der Waals surface area (Å²) < 4.78 is 0. The lowest BCUT2D eigenvalue weighted by molar-refractivity contribution is -0.136. The number of hydrogen-bond donors (Lipinski definition) is 1. The van der Waals surface area contributed by atoms with Gasteiger partial charge in [-0.1, -0.05) is 24.3 Å². The van der Waals surface area contributed by atoms with Crippen LogP contribution in [0.4, 0.5) is 0 Å². The minimum Gasteiger partial charge on any atom is -0.481 e. The minimum atomic E-state index is -0.784. The van der Waals surface area contributed by atoms with Crippen molar-refractivity contribution in [1.29, 1.82) is 0 Å².